The smallest absolute Gasteiger partial charge is 0.410 e. The van der Waals surface area contributed by atoms with Crippen molar-refractivity contribution < 1.29 is 36.7 Å². The number of carbonyl (C=O) groups excluding carboxylic acids is 4. The third-order valence-corrected chi connectivity index (χ3v) is 12.7. The van der Waals surface area contributed by atoms with E-state index >= 15 is 0 Å². The molecular weight excluding hydrogens is 718 g/mol. The standard InChI is InChI=1S/C38H46FN7O7S/c1-5-24-19-38(24,35(49)43-54(51,52)28-14-15-28)42-33(47)31-18-27(53-36(50)44-20-23-8-6-9-30(39)29(23)22-44)21-45(31)34(48)32(37(2,3)4)41-25-10-12-26(13-11-25)46-17-7-16-40-46/h6-13,16-17,24,27-28,31-32,41H,5,14-15,18-22H2,1-4H3,(H,42,47)(H,43,49)/t24?,27-,31+,32-,38-/m1/s1. The first-order valence-electron chi connectivity index (χ1n) is 18.4. The summed E-state index contributed by atoms with van der Waals surface area (Å²) < 4.78 is 49.7. The number of aromatic nitrogens is 2. The molecule has 1 unspecified atom stereocenters. The molecule has 2 aromatic carbocycles. The number of rotatable bonds is 11. The number of sulfonamides is 1. The summed E-state index contributed by atoms with van der Waals surface area (Å²) in [6.07, 6.45) is 3.50. The molecule has 3 aromatic rings. The van der Waals surface area contributed by atoms with Gasteiger partial charge in [-0.3, -0.25) is 24.0 Å². The summed E-state index contributed by atoms with van der Waals surface area (Å²) in [7, 11) is -3.88. The van der Waals surface area contributed by atoms with E-state index in [0.717, 1.165) is 5.69 Å². The van der Waals surface area contributed by atoms with Gasteiger partial charge in [0.1, 0.15) is 29.5 Å². The largest absolute Gasteiger partial charge is 0.444 e. The second kappa shape index (κ2) is 14.0. The monoisotopic (exact) mass is 763 g/mol. The van der Waals surface area contributed by atoms with E-state index in [2.05, 4.69) is 20.5 Å². The van der Waals surface area contributed by atoms with E-state index in [1.54, 1.807) is 23.0 Å². The van der Waals surface area contributed by atoms with E-state index < -0.39 is 74.0 Å². The third kappa shape index (κ3) is 7.39. The quantitative estimate of drug-likeness (QED) is 0.263. The van der Waals surface area contributed by atoms with E-state index in [1.165, 1.54) is 15.9 Å². The van der Waals surface area contributed by atoms with Gasteiger partial charge in [0.05, 0.1) is 24.0 Å². The van der Waals surface area contributed by atoms with Crippen molar-refractivity contribution in [3.8, 4) is 5.69 Å². The summed E-state index contributed by atoms with van der Waals surface area (Å²) >= 11 is 0. The van der Waals surface area contributed by atoms with Gasteiger partial charge in [-0.2, -0.15) is 5.10 Å². The van der Waals surface area contributed by atoms with E-state index in [4.69, 9.17) is 4.74 Å². The third-order valence-electron chi connectivity index (χ3n) is 10.9. The maximum atomic E-state index is 14.7. The molecule has 3 N–H and O–H groups in total. The number of halogens is 1. The van der Waals surface area contributed by atoms with Gasteiger partial charge >= 0.3 is 6.09 Å². The molecule has 5 atom stereocenters. The molecule has 4 aliphatic rings. The van der Waals surface area contributed by atoms with Gasteiger partial charge in [-0.1, -0.05) is 46.2 Å². The van der Waals surface area contributed by atoms with Crippen LogP contribution in [0.1, 0.15) is 70.9 Å². The lowest BCUT2D eigenvalue weighted by atomic mass is 9.85. The molecule has 0 spiro atoms. The second-order valence-electron chi connectivity index (χ2n) is 15.9. The highest BCUT2D eigenvalue weighted by molar-refractivity contribution is 7.91. The first-order chi connectivity index (χ1) is 25.6. The Hall–Kier alpha value is -4.99. The Morgan fingerprint density at radius 2 is 1.80 bits per heavy atom. The topological polar surface area (TPSA) is 172 Å². The number of ether oxygens (including phenoxy) is 1. The van der Waals surface area contributed by atoms with E-state index in [0.29, 0.717) is 36.1 Å². The van der Waals surface area contributed by atoms with Crippen LogP contribution >= 0.6 is 0 Å². The molecule has 0 bridgehead atoms. The van der Waals surface area contributed by atoms with E-state index in [1.807, 2.05) is 64.2 Å². The molecule has 16 heteroatoms. The zero-order valence-electron chi connectivity index (χ0n) is 30.7. The Kier molecular flexibility index (Phi) is 9.69. The van der Waals surface area contributed by atoms with Crippen LogP contribution in [0.3, 0.4) is 0 Å². The molecule has 2 aliphatic carbocycles. The molecule has 2 aliphatic heterocycles. The molecule has 7 rings (SSSR count). The molecular formula is C38H46FN7O7S. The minimum Gasteiger partial charge on any atom is -0.444 e. The lowest BCUT2D eigenvalue weighted by Crippen LogP contribution is -2.58. The zero-order valence-corrected chi connectivity index (χ0v) is 31.6. The summed E-state index contributed by atoms with van der Waals surface area (Å²) in [5, 5.41) is 9.81. The molecule has 3 heterocycles. The summed E-state index contributed by atoms with van der Waals surface area (Å²) in [6.45, 7) is 7.59. The van der Waals surface area contributed by atoms with E-state index in [9.17, 15) is 32.0 Å². The van der Waals surface area contributed by atoms with Crippen molar-refractivity contribution in [1.82, 2.24) is 29.6 Å². The van der Waals surface area contributed by atoms with Gasteiger partial charge in [-0.15, -0.1) is 0 Å². The first-order valence-corrected chi connectivity index (χ1v) is 19.9. The average Bonchev–Trinajstić information content (AvgIpc) is 3.90. The van der Waals surface area contributed by atoms with Crippen molar-refractivity contribution in [2.24, 2.45) is 11.3 Å². The lowest BCUT2D eigenvalue weighted by molar-refractivity contribution is -0.141. The van der Waals surface area contributed by atoms with Crippen LogP contribution in [-0.2, 0) is 42.2 Å². The van der Waals surface area contributed by atoms with Crippen LogP contribution in [0.25, 0.3) is 5.69 Å². The van der Waals surface area contributed by atoms with Crippen molar-refractivity contribution in [1.29, 1.82) is 0 Å². The highest BCUT2D eigenvalue weighted by Crippen LogP contribution is 2.47. The number of hydrogen-bond acceptors (Lipinski definition) is 9. The Bertz CT molecular complexity index is 2050. The van der Waals surface area contributed by atoms with E-state index in [-0.39, 0.29) is 38.4 Å². The Balaban J connectivity index is 1.12. The first kappa shape index (κ1) is 37.3. The number of carbonyl (C=O) groups is 4. The van der Waals surface area contributed by atoms with Gasteiger partial charge in [-0.25, -0.2) is 22.3 Å². The fourth-order valence-electron chi connectivity index (χ4n) is 7.51. The molecule has 288 valence electrons. The minimum absolute atomic E-state index is 0.0229. The fourth-order valence-corrected chi connectivity index (χ4v) is 8.87. The maximum absolute atomic E-state index is 14.7. The van der Waals surface area contributed by atoms with Gasteiger partial charge in [0, 0.05) is 36.6 Å². The Morgan fingerprint density at radius 1 is 1.06 bits per heavy atom. The van der Waals surface area contributed by atoms with Crippen LogP contribution in [0.2, 0.25) is 0 Å². The number of amides is 4. The van der Waals surface area contributed by atoms with Crippen LogP contribution in [0.5, 0.6) is 0 Å². The Morgan fingerprint density at radius 3 is 2.41 bits per heavy atom. The van der Waals surface area contributed by atoms with Gasteiger partial charge in [0.25, 0.3) is 5.91 Å². The van der Waals surface area contributed by atoms with Gasteiger partial charge in [-0.05, 0) is 72.6 Å². The summed E-state index contributed by atoms with van der Waals surface area (Å²) in [6, 6.07) is 11.8. The molecule has 2 saturated carbocycles. The molecule has 1 saturated heterocycles. The van der Waals surface area contributed by atoms with Crippen LogP contribution in [-0.4, -0.2) is 87.3 Å². The lowest BCUT2D eigenvalue weighted by Gasteiger charge is -2.36. The molecule has 54 heavy (non-hydrogen) atoms. The summed E-state index contributed by atoms with van der Waals surface area (Å²) in [5.74, 6) is -2.58. The fraction of sp³-hybridized carbons (Fsp3) is 0.500. The van der Waals surface area contributed by atoms with Crippen molar-refractivity contribution in [2.45, 2.75) is 102 Å². The predicted octanol–water partition coefficient (Wildman–Crippen LogP) is 3.85. The molecule has 3 fully saturated rings. The number of benzene rings is 2. The molecule has 1 aromatic heterocycles. The van der Waals surface area contributed by atoms with Crippen LogP contribution in [0.4, 0.5) is 14.9 Å². The predicted molar refractivity (Wildman–Crippen MR) is 196 cm³/mol. The normalized spacial score (nSPS) is 24.1. The van der Waals surface area contributed by atoms with Crippen molar-refractivity contribution >= 4 is 39.5 Å². The molecule has 0 radical (unpaired) electrons. The van der Waals surface area contributed by atoms with Crippen LogP contribution in [0.15, 0.2) is 60.9 Å². The van der Waals surface area contributed by atoms with Crippen molar-refractivity contribution in [3.63, 3.8) is 0 Å². The highest BCUT2D eigenvalue weighted by Gasteiger charge is 2.62. The maximum Gasteiger partial charge on any atom is 0.410 e. The highest BCUT2D eigenvalue weighted by atomic mass is 32.2. The SMILES string of the molecule is CCC1C[C@]1(NC(=O)[C@@H]1C[C@@H](OC(=O)N2Cc3cccc(F)c3C2)CN1C(=O)[C@@H](Nc1ccc(-n2cccn2)cc1)C(C)(C)C)C(=O)NS(=O)(=O)C1CC1. The summed E-state index contributed by atoms with van der Waals surface area (Å²) in [5.41, 5.74) is 0.434. The Labute approximate surface area is 313 Å². The van der Waals surface area contributed by atoms with Crippen LogP contribution in [0, 0.1) is 17.2 Å². The second-order valence-corrected chi connectivity index (χ2v) is 17.8. The van der Waals surface area contributed by atoms with Crippen LogP contribution < -0.4 is 15.4 Å². The van der Waals surface area contributed by atoms with Gasteiger partial charge in [0.15, 0.2) is 0 Å². The van der Waals surface area contributed by atoms with Crippen molar-refractivity contribution in [2.75, 3.05) is 11.9 Å². The minimum atomic E-state index is -3.88. The number of fused-ring (bicyclic) bond motifs is 1. The molecule has 4 amide bonds. The number of anilines is 1. The molecule has 14 nitrogen and oxygen atoms in total. The van der Waals surface area contributed by atoms with Gasteiger partial charge in [0.2, 0.25) is 21.8 Å². The zero-order chi connectivity index (χ0) is 38.6. The number of nitrogens with one attached hydrogen (secondary N) is 3. The number of hydrogen-bond donors (Lipinski definition) is 3. The van der Waals surface area contributed by atoms with Crippen molar-refractivity contribution in [3.05, 3.63) is 77.9 Å². The number of nitrogens with zero attached hydrogens (tertiary/aromatic N) is 4. The summed E-state index contributed by atoms with van der Waals surface area (Å²) in [4.78, 5) is 58.7. The average molecular weight is 764 g/mol. The van der Waals surface area contributed by atoms with Gasteiger partial charge < -0.3 is 20.3 Å². The number of likely N-dealkylation sites (tertiary alicyclic amines) is 1.